The summed E-state index contributed by atoms with van der Waals surface area (Å²) in [5.74, 6) is 0.654. The van der Waals surface area contributed by atoms with Crippen molar-refractivity contribution < 1.29 is 14.3 Å². The summed E-state index contributed by atoms with van der Waals surface area (Å²) in [6, 6.07) is 17.2. The number of benzene rings is 2. The van der Waals surface area contributed by atoms with Crippen LogP contribution in [0.5, 0.6) is 5.75 Å². The number of methoxy groups -OCH3 is 1. The van der Waals surface area contributed by atoms with Crippen molar-refractivity contribution in [3.8, 4) is 17.0 Å². The number of nitrogens with one attached hydrogen (secondary N) is 1. The van der Waals surface area contributed by atoms with E-state index >= 15 is 0 Å². The minimum absolute atomic E-state index is 0.00653. The van der Waals surface area contributed by atoms with Crippen molar-refractivity contribution in [2.75, 3.05) is 25.5 Å². The number of rotatable bonds is 9. The molecule has 0 atom stereocenters. The topological polar surface area (TPSA) is 71.5 Å². The number of thiazole rings is 1. The molecule has 0 saturated heterocycles. The molecule has 0 unspecified atom stereocenters. The van der Waals surface area contributed by atoms with Crippen molar-refractivity contribution >= 4 is 28.3 Å². The molecule has 3 rings (SSSR count). The van der Waals surface area contributed by atoms with Crippen LogP contribution in [0.2, 0.25) is 0 Å². The molecule has 0 bridgehead atoms. The average molecular weight is 438 g/mol. The molecule has 7 heteroatoms. The first-order chi connectivity index (χ1) is 14.9. The van der Waals surface area contributed by atoms with Crippen LogP contribution in [0.3, 0.4) is 0 Å². The zero-order chi connectivity index (χ0) is 22.2. The summed E-state index contributed by atoms with van der Waals surface area (Å²) in [6.07, 6.45) is 0.236. The lowest BCUT2D eigenvalue weighted by Gasteiger charge is -2.24. The Morgan fingerprint density at radius 3 is 2.45 bits per heavy atom. The maximum absolute atomic E-state index is 12.9. The summed E-state index contributed by atoms with van der Waals surface area (Å²) in [5.41, 5.74) is 2.69. The largest absolute Gasteiger partial charge is 0.497 e. The predicted molar refractivity (Wildman–Crippen MR) is 124 cm³/mol. The van der Waals surface area contributed by atoms with Crippen molar-refractivity contribution in [3.05, 3.63) is 65.5 Å². The van der Waals surface area contributed by atoms with Crippen LogP contribution in [0.25, 0.3) is 11.3 Å². The third kappa shape index (κ3) is 6.65. The highest BCUT2D eigenvalue weighted by Crippen LogP contribution is 2.24. The van der Waals surface area contributed by atoms with Crippen LogP contribution in [-0.2, 0) is 16.0 Å². The Bertz CT molecular complexity index is 1000. The van der Waals surface area contributed by atoms with Gasteiger partial charge in [-0.15, -0.1) is 11.3 Å². The zero-order valence-corrected chi connectivity index (χ0v) is 18.8. The minimum atomic E-state index is -0.252. The average Bonchev–Trinajstić information content (AvgIpc) is 3.22. The van der Waals surface area contributed by atoms with Gasteiger partial charge in [0.05, 0.1) is 25.8 Å². The molecular formula is C24H27N3O3S. The number of anilines is 1. The highest BCUT2D eigenvalue weighted by atomic mass is 32.1. The second kappa shape index (κ2) is 10.7. The lowest BCUT2D eigenvalue weighted by molar-refractivity contribution is -0.134. The van der Waals surface area contributed by atoms with Crippen LogP contribution in [0.15, 0.2) is 60.0 Å². The molecule has 31 heavy (non-hydrogen) atoms. The first-order valence-electron chi connectivity index (χ1n) is 10.2. The van der Waals surface area contributed by atoms with E-state index in [0.29, 0.717) is 11.7 Å². The zero-order valence-electron chi connectivity index (χ0n) is 18.0. The Morgan fingerprint density at radius 1 is 1.10 bits per heavy atom. The first-order valence-corrected chi connectivity index (χ1v) is 11.0. The Morgan fingerprint density at radius 2 is 1.81 bits per heavy atom. The lowest BCUT2D eigenvalue weighted by atomic mass is 10.1. The standard InChI is InChI=1S/C24H27N3O3S/c1-17(2)14-27(23(29)13-18-9-11-20(30-3)12-10-18)15-22(28)26-24-25-21(16-31-24)19-7-5-4-6-8-19/h4-12,16-17H,13-15H2,1-3H3,(H,25,26,28). The van der Waals surface area contributed by atoms with Gasteiger partial charge in [0.15, 0.2) is 5.13 Å². The third-order valence-electron chi connectivity index (χ3n) is 4.61. The Hall–Kier alpha value is -3.19. The van der Waals surface area contributed by atoms with E-state index in [1.54, 1.807) is 12.0 Å². The maximum Gasteiger partial charge on any atom is 0.245 e. The fraction of sp³-hybridized carbons (Fsp3) is 0.292. The van der Waals surface area contributed by atoms with Gasteiger partial charge in [0.1, 0.15) is 5.75 Å². The molecule has 2 amide bonds. The summed E-state index contributed by atoms with van der Waals surface area (Å²) in [4.78, 5) is 31.6. The molecule has 0 saturated carbocycles. The van der Waals surface area contributed by atoms with Crippen LogP contribution >= 0.6 is 11.3 Å². The van der Waals surface area contributed by atoms with Gasteiger partial charge in [0.25, 0.3) is 0 Å². The molecule has 1 aromatic heterocycles. The van der Waals surface area contributed by atoms with Gasteiger partial charge in [-0.2, -0.15) is 0 Å². The second-order valence-corrected chi connectivity index (χ2v) is 8.50. The molecule has 2 aromatic carbocycles. The minimum Gasteiger partial charge on any atom is -0.497 e. The molecule has 162 valence electrons. The number of carbonyl (C=O) groups excluding carboxylic acids is 2. The van der Waals surface area contributed by atoms with Gasteiger partial charge in [-0.05, 0) is 23.6 Å². The van der Waals surface area contributed by atoms with Gasteiger partial charge in [-0.3, -0.25) is 9.59 Å². The first kappa shape index (κ1) is 22.5. The van der Waals surface area contributed by atoms with Gasteiger partial charge in [-0.1, -0.05) is 56.3 Å². The van der Waals surface area contributed by atoms with Crippen LogP contribution in [0.4, 0.5) is 5.13 Å². The fourth-order valence-corrected chi connectivity index (χ4v) is 3.87. The van der Waals surface area contributed by atoms with Crippen LogP contribution in [0, 0.1) is 5.92 Å². The van der Waals surface area contributed by atoms with Crippen LogP contribution < -0.4 is 10.1 Å². The Labute approximate surface area is 186 Å². The quantitative estimate of drug-likeness (QED) is 0.536. The van der Waals surface area contributed by atoms with E-state index < -0.39 is 0 Å². The van der Waals surface area contributed by atoms with E-state index in [1.165, 1.54) is 11.3 Å². The highest BCUT2D eigenvalue weighted by molar-refractivity contribution is 7.14. The summed E-state index contributed by atoms with van der Waals surface area (Å²) in [7, 11) is 1.61. The molecule has 1 N–H and O–H groups in total. The molecule has 0 spiro atoms. The lowest BCUT2D eigenvalue weighted by Crippen LogP contribution is -2.41. The van der Waals surface area contributed by atoms with E-state index in [0.717, 1.165) is 22.6 Å². The fourth-order valence-electron chi connectivity index (χ4n) is 3.13. The highest BCUT2D eigenvalue weighted by Gasteiger charge is 2.19. The van der Waals surface area contributed by atoms with E-state index in [2.05, 4.69) is 10.3 Å². The van der Waals surface area contributed by atoms with Crippen LogP contribution in [-0.4, -0.2) is 41.9 Å². The third-order valence-corrected chi connectivity index (χ3v) is 5.36. The summed E-state index contributed by atoms with van der Waals surface area (Å²) >= 11 is 1.37. The van der Waals surface area contributed by atoms with Gasteiger partial charge in [0, 0.05) is 17.5 Å². The van der Waals surface area contributed by atoms with Gasteiger partial charge in [0.2, 0.25) is 11.8 Å². The van der Waals surface area contributed by atoms with E-state index in [4.69, 9.17) is 4.74 Å². The molecule has 0 fully saturated rings. The van der Waals surface area contributed by atoms with Crippen molar-refractivity contribution in [1.82, 2.24) is 9.88 Å². The predicted octanol–water partition coefficient (Wildman–Crippen LogP) is 4.48. The molecule has 0 radical (unpaired) electrons. The number of aromatic nitrogens is 1. The number of hydrogen-bond acceptors (Lipinski definition) is 5. The second-order valence-electron chi connectivity index (χ2n) is 7.65. The normalized spacial score (nSPS) is 10.7. The number of hydrogen-bond donors (Lipinski definition) is 1. The van der Waals surface area contributed by atoms with Gasteiger partial charge >= 0.3 is 0 Å². The Kier molecular flexibility index (Phi) is 7.78. The van der Waals surface area contributed by atoms with Crippen molar-refractivity contribution in [1.29, 1.82) is 0 Å². The van der Waals surface area contributed by atoms with Crippen LogP contribution in [0.1, 0.15) is 19.4 Å². The summed E-state index contributed by atoms with van der Waals surface area (Å²) < 4.78 is 5.16. The molecule has 0 aliphatic rings. The smallest absolute Gasteiger partial charge is 0.245 e. The van der Waals surface area contributed by atoms with Crippen molar-refractivity contribution in [2.24, 2.45) is 5.92 Å². The van der Waals surface area contributed by atoms with E-state index in [-0.39, 0.29) is 30.7 Å². The van der Waals surface area contributed by atoms with Gasteiger partial charge in [-0.25, -0.2) is 4.98 Å². The molecule has 6 nitrogen and oxygen atoms in total. The van der Waals surface area contributed by atoms with Crippen molar-refractivity contribution in [2.45, 2.75) is 20.3 Å². The number of carbonyl (C=O) groups is 2. The number of nitrogens with zero attached hydrogens (tertiary/aromatic N) is 2. The monoisotopic (exact) mass is 437 g/mol. The molecule has 1 heterocycles. The summed E-state index contributed by atoms with van der Waals surface area (Å²) in [5, 5.41) is 5.26. The molecule has 3 aromatic rings. The van der Waals surface area contributed by atoms with E-state index in [1.807, 2.05) is 73.8 Å². The number of amides is 2. The SMILES string of the molecule is COc1ccc(CC(=O)N(CC(=O)Nc2nc(-c3ccccc3)cs2)CC(C)C)cc1. The Balaban J connectivity index is 1.62. The molecule has 0 aliphatic heterocycles. The van der Waals surface area contributed by atoms with Gasteiger partial charge < -0.3 is 15.0 Å². The molecular weight excluding hydrogens is 410 g/mol. The molecule has 0 aliphatic carbocycles. The van der Waals surface area contributed by atoms with E-state index in [9.17, 15) is 9.59 Å². The summed E-state index contributed by atoms with van der Waals surface area (Å²) in [6.45, 7) is 4.56. The van der Waals surface area contributed by atoms with Crippen molar-refractivity contribution in [3.63, 3.8) is 0 Å². The maximum atomic E-state index is 12.9. The number of ether oxygens (including phenoxy) is 1.